The molecular weight excluding hydrogens is 238 g/mol. The summed E-state index contributed by atoms with van der Waals surface area (Å²) in [5.41, 5.74) is 7.38. The van der Waals surface area contributed by atoms with Gasteiger partial charge < -0.3 is 5.73 Å². The molecule has 0 spiro atoms. The van der Waals surface area contributed by atoms with Gasteiger partial charge in [-0.05, 0) is 18.1 Å². The van der Waals surface area contributed by atoms with E-state index >= 15 is 0 Å². The molecule has 1 aromatic rings. The lowest BCUT2D eigenvalue weighted by Gasteiger charge is -2.21. The molecule has 0 aliphatic carbocycles. The van der Waals surface area contributed by atoms with Crippen molar-refractivity contribution in [2.75, 3.05) is 0 Å². The SMILES string of the molecule is CC[C@H](N)c1ccccc1SC(C)(C)C.Cl. The van der Waals surface area contributed by atoms with Crippen LogP contribution >= 0.6 is 24.2 Å². The van der Waals surface area contributed by atoms with Gasteiger partial charge in [0.2, 0.25) is 0 Å². The van der Waals surface area contributed by atoms with E-state index < -0.39 is 0 Å². The second kappa shape index (κ2) is 6.53. The van der Waals surface area contributed by atoms with Gasteiger partial charge in [-0.2, -0.15) is 0 Å². The van der Waals surface area contributed by atoms with Crippen LogP contribution in [0.3, 0.4) is 0 Å². The number of halogens is 1. The lowest BCUT2D eigenvalue weighted by molar-refractivity contribution is 0.684. The molecule has 1 rings (SSSR count). The minimum atomic E-state index is 0. The van der Waals surface area contributed by atoms with E-state index in [9.17, 15) is 0 Å². The molecule has 1 aromatic carbocycles. The standard InChI is InChI=1S/C13H21NS.ClH/c1-5-11(14)10-8-6-7-9-12(10)15-13(2,3)4;/h6-9,11H,5,14H2,1-4H3;1H/t11-;/m0./s1. The first-order valence-electron chi connectivity index (χ1n) is 5.47. The van der Waals surface area contributed by atoms with Gasteiger partial charge in [0, 0.05) is 15.7 Å². The molecule has 0 aromatic heterocycles. The average molecular weight is 260 g/mol. The lowest BCUT2D eigenvalue weighted by Crippen LogP contribution is -2.12. The van der Waals surface area contributed by atoms with Gasteiger partial charge in [0.25, 0.3) is 0 Å². The van der Waals surface area contributed by atoms with Crippen molar-refractivity contribution in [3.8, 4) is 0 Å². The summed E-state index contributed by atoms with van der Waals surface area (Å²) in [6, 6.07) is 8.62. The van der Waals surface area contributed by atoms with Crippen LogP contribution in [0, 0.1) is 0 Å². The molecule has 2 N–H and O–H groups in total. The Balaban J connectivity index is 0.00000225. The normalized spacial score (nSPS) is 13.1. The molecule has 16 heavy (non-hydrogen) atoms. The van der Waals surface area contributed by atoms with Crippen LogP contribution in [-0.4, -0.2) is 4.75 Å². The number of hydrogen-bond donors (Lipinski definition) is 1. The van der Waals surface area contributed by atoms with Crippen molar-refractivity contribution in [2.24, 2.45) is 5.73 Å². The maximum atomic E-state index is 6.10. The van der Waals surface area contributed by atoms with E-state index in [1.165, 1.54) is 10.5 Å². The molecule has 1 nitrogen and oxygen atoms in total. The van der Waals surface area contributed by atoms with Crippen molar-refractivity contribution in [3.63, 3.8) is 0 Å². The van der Waals surface area contributed by atoms with Crippen molar-refractivity contribution >= 4 is 24.2 Å². The first-order chi connectivity index (χ1) is 6.94. The molecule has 3 heteroatoms. The van der Waals surface area contributed by atoms with E-state index in [0.717, 1.165) is 6.42 Å². The quantitative estimate of drug-likeness (QED) is 0.814. The van der Waals surface area contributed by atoms with Gasteiger partial charge in [0.05, 0.1) is 0 Å². The Kier molecular flexibility index (Phi) is 6.46. The third kappa shape index (κ3) is 4.77. The lowest BCUT2D eigenvalue weighted by atomic mass is 10.1. The van der Waals surface area contributed by atoms with Gasteiger partial charge in [-0.1, -0.05) is 45.9 Å². The Morgan fingerprint density at radius 1 is 1.25 bits per heavy atom. The first-order valence-corrected chi connectivity index (χ1v) is 6.29. The maximum absolute atomic E-state index is 6.10. The summed E-state index contributed by atoms with van der Waals surface area (Å²) >= 11 is 1.89. The molecule has 0 amide bonds. The highest BCUT2D eigenvalue weighted by Crippen LogP contribution is 2.36. The first kappa shape index (κ1) is 15.8. The van der Waals surface area contributed by atoms with Crippen molar-refractivity contribution < 1.29 is 0 Å². The molecule has 0 unspecified atom stereocenters. The van der Waals surface area contributed by atoms with Crippen LogP contribution in [-0.2, 0) is 0 Å². The fraction of sp³-hybridized carbons (Fsp3) is 0.538. The van der Waals surface area contributed by atoms with Crippen molar-refractivity contribution in [1.82, 2.24) is 0 Å². The van der Waals surface area contributed by atoms with E-state index in [-0.39, 0.29) is 23.2 Å². The zero-order valence-corrected chi connectivity index (χ0v) is 12.1. The van der Waals surface area contributed by atoms with E-state index in [1.54, 1.807) is 0 Å². The number of benzene rings is 1. The molecule has 1 atom stereocenters. The zero-order valence-electron chi connectivity index (χ0n) is 10.5. The monoisotopic (exact) mass is 259 g/mol. The Morgan fingerprint density at radius 3 is 2.31 bits per heavy atom. The van der Waals surface area contributed by atoms with Crippen molar-refractivity contribution in [1.29, 1.82) is 0 Å². The fourth-order valence-corrected chi connectivity index (χ4v) is 2.57. The molecular formula is C13H22ClNS. The van der Waals surface area contributed by atoms with Gasteiger partial charge in [-0.3, -0.25) is 0 Å². The Hall–Kier alpha value is -0.180. The highest BCUT2D eigenvalue weighted by atomic mass is 35.5. The third-order valence-corrected chi connectivity index (χ3v) is 3.38. The highest BCUT2D eigenvalue weighted by Gasteiger charge is 2.16. The highest BCUT2D eigenvalue weighted by molar-refractivity contribution is 8.00. The van der Waals surface area contributed by atoms with Crippen LogP contribution in [0.25, 0.3) is 0 Å². The molecule has 0 saturated carbocycles. The van der Waals surface area contributed by atoms with E-state index in [0.29, 0.717) is 0 Å². The van der Waals surface area contributed by atoms with Crippen LogP contribution < -0.4 is 5.73 Å². The summed E-state index contributed by atoms with van der Waals surface area (Å²) in [6.45, 7) is 8.81. The number of rotatable bonds is 3. The van der Waals surface area contributed by atoms with E-state index in [4.69, 9.17) is 5.73 Å². The van der Waals surface area contributed by atoms with Crippen molar-refractivity contribution in [2.45, 2.75) is 49.8 Å². The molecule has 0 aliphatic rings. The zero-order chi connectivity index (χ0) is 11.5. The summed E-state index contributed by atoms with van der Waals surface area (Å²) in [6.07, 6.45) is 0.988. The summed E-state index contributed by atoms with van der Waals surface area (Å²) in [7, 11) is 0. The molecule has 0 bridgehead atoms. The Morgan fingerprint density at radius 2 is 1.81 bits per heavy atom. The Bertz CT molecular complexity index is 320. The molecule has 0 fully saturated rings. The van der Waals surface area contributed by atoms with Crippen LogP contribution in [0.5, 0.6) is 0 Å². The summed E-state index contributed by atoms with van der Waals surface area (Å²) in [5, 5.41) is 0. The van der Waals surface area contributed by atoms with E-state index in [2.05, 4.69) is 52.0 Å². The van der Waals surface area contributed by atoms with Crippen LogP contribution in [0.1, 0.15) is 45.7 Å². The number of thioether (sulfide) groups is 1. The van der Waals surface area contributed by atoms with Gasteiger partial charge in [0.15, 0.2) is 0 Å². The maximum Gasteiger partial charge on any atom is 0.0303 e. The second-order valence-electron chi connectivity index (χ2n) is 4.77. The predicted molar refractivity (Wildman–Crippen MR) is 76.5 cm³/mol. The van der Waals surface area contributed by atoms with Gasteiger partial charge in [0.1, 0.15) is 0 Å². The topological polar surface area (TPSA) is 26.0 Å². The smallest absolute Gasteiger partial charge is 0.0303 e. The molecule has 0 heterocycles. The molecule has 0 aliphatic heterocycles. The third-order valence-electron chi connectivity index (χ3n) is 2.17. The minimum absolute atomic E-state index is 0. The van der Waals surface area contributed by atoms with Gasteiger partial charge in [-0.25, -0.2) is 0 Å². The second-order valence-corrected chi connectivity index (χ2v) is 6.64. The Labute approximate surface area is 110 Å². The van der Waals surface area contributed by atoms with Crippen molar-refractivity contribution in [3.05, 3.63) is 29.8 Å². The van der Waals surface area contributed by atoms with Crippen LogP contribution in [0.4, 0.5) is 0 Å². The van der Waals surface area contributed by atoms with Gasteiger partial charge >= 0.3 is 0 Å². The minimum Gasteiger partial charge on any atom is -0.324 e. The molecule has 92 valence electrons. The largest absolute Gasteiger partial charge is 0.324 e. The average Bonchev–Trinajstić information content (AvgIpc) is 2.15. The summed E-state index contributed by atoms with van der Waals surface area (Å²) < 4.78 is 0.240. The summed E-state index contributed by atoms with van der Waals surface area (Å²) in [5.74, 6) is 0. The van der Waals surface area contributed by atoms with E-state index in [1.807, 2.05) is 11.8 Å². The number of nitrogens with two attached hydrogens (primary N) is 1. The predicted octanol–water partition coefficient (Wildman–Crippen LogP) is 4.41. The summed E-state index contributed by atoms with van der Waals surface area (Å²) in [4.78, 5) is 1.32. The fourth-order valence-electron chi connectivity index (χ4n) is 1.43. The van der Waals surface area contributed by atoms with Crippen LogP contribution in [0.2, 0.25) is 0 Å². The van der Waals surface area contributed by atoms with Gasteiger partial charge in [-0.15, -0.1) is 24.2 Å². The van der Waals surface area contributed by atoms with Crippen LogP contribution in [0.15, 0.2) is 29.2 Å². The molecule has 0 saturated heterocycles. The molecule has 0 radical (unpaired) electrons. The number of hydrogen-bond acceptors (Lipinski definition) is 2.